The fraction of sp³-hybridized carbons (Fsp3) is 0.300. The van der Waals surface area contributed by atoms with Crippen LogP contribution in [0.3, 0.4) is 0 Å². The molecule has 0 aromatic carbocycles. The van der Waals surface area contributed by atoms with Gasteiger partial charge >= 0.3 is 0 Å². The number of nitrogens with zero attached hydrogens (tertiary/aromatic N) is 3. The van der Waals surface area contributed by atoms with Crippen LogP contribution >= 0.6 is 11.5 Å². The fourth-order valence-electron chi connectivity index (χ4n) is 1.37. The van der Waals surface area contributed by atoms with E-state index in [0.29, 0.717) is 11.4 Å². The molecule has 0 aliphatic rings. The molecule has 2 aromatic heterocycles. The van der Waals surface area contributed by atoms with Crippen molar-refractivity contribution in [2.24, 2.45) is 7.05 Å². The molecule has 2 heterocycles. The van der Waals surface area contributed by atoms with Crippen molar-refractivity contribution in [2.75, 3.05) is 0 Å². The Bertz CT molecular complexity index is 473. The van der Waals surface area contributed by atoms with Crippen LogP contribution in [0.1, 0.15) is 28.8 Å². The number of aryl methyl sites for hydroxylation is 2. The predicted molar refractivity (Wildman–Crippen MR) is 58.1 cm³/mol. The van der Waals surface area contributed by atoms with Crippen LogP contribution in [0.2, 0.25) is 0 Å². The van der Waals surface area contributed by atoms with Crippen molar-refractivity contribution in [1.82, 2.24) is 14.2 Å². The standard InChI is InChI=1S/C10H11N3OS/c1-3-7-6-9(13(2)11-7)10(14)8-4-5-15-12-8/h4-6H,3H2,1-2H3. The van der Waals surface area contributed by atoms with Gasteiger partial charge in [-0.3, -0.25) is 9.48 Å². The third-order valence-corrected chi connectivity index (χ3v) is 2.76. The van der Waals surface area contributed by atoms with E-state index in [0.717, 1.165) is 12.1 Å². The number of carbonyl (C=O) groups excluding carboxylic acids is 1. The zero-order valence-electron chi connectivity index (χ0n) is 8.60. The van der Waals surface area contributed by atoms with Gasteiger partial charge in [0.2, 0.25) is 5.78 Å². The van der Waals surface area contributed by atoms with Gasteiger partial charge in [0.1, 0.15) is 11.4 Å². The smallest absolute Gasteiger partial charge is 0.230 e. The summed E-state index contributed by atoms with van der Waals surface area (Å²) in [6.07, 6.45) is 0.832. The average Bonchev–Trinajstić information content (AvgIpc) is 2.85. The monoisotopic (exact) mass is 221 g/mol. The first-order chi connectivity index (χ1) is 7.22. The lowest BCUT2D eigenvalue weighted by atomic mass is 10.2. The van der Waals surface area contributed by atoms with Crippen molar-refractivity contribution in [1.29, 1.82) is 0 Å². The second-order valence-electron chi connectivity index (χ2n) is 3.21. The fourth-order valence-corrected chi connectivity index (χ4v) is 1.88. The van der Waals surface area contributed by atoms with E-state index >= 15 is 0 Å². The maximum Gasteiger partial charge on any atom is 0.230 e. The van der Waals surface area contributed by atoms with Crippen LogP contribution in [0.5, 0.6) is 0 Å². The molecule has 0 saturated carbocycles. The number of hydrogen-bond donors (Lipinski definition) is 0. The highest BCUT2D eigenvalue weighted by molar-refractivity contribution is 7.03. The molecule has 0 bridgehead atoms. The number of hydrogen-bond acceptors (Lipinski definition) is 4. The van der Waals surface area contributed by atoms with Gasteiger partial charge < -0.3 is 0 Å². The summed E-state index contributed by atoms with van der Waals surface area (Å²) in [6.45, 7) is 2.01. The van der Waals surface area contributed by atoms with E-state index in [1.165, 1.54) is 11.5 Å². The van der Waals surface area contributed by atoms with Crippen LogP contribution in [0.4, 0.5) is 0 Å². The zero-order valence-corrected chi connectivity index (χ0v) is 9.41. The van der Waals surface area contributed by atoms with Crippen LogP contribution < -0.4 is 0 Å². The van der Waals surface area contributed by atoms with E-state index in [2.05, 4.69) is 9.47 Å². The summed E-state index contributed by atoms with van der Waals surface area (Å²) < 4.78 is 5.63. The molecule has 0 aliphatic heterocycles. The zero-order chi connectivity index (χ0) is 10.8. The van der Waals surface area contributed by atoms with Gasteiger partial charge in [-0.1, -0.05) is 6.92 Å². The molecule has 0 amide bonds. The van der Waals surface area contributed by atoms with Crippen molar-refractivity contribution < 1.29 is 4.79 Å². The SMILES string of the molecule is CCc1cc(C(=O)c2ccsn2)n(C)n1. The highest BCUT2D eigenvalue weighted by Gasteiger charge is 2.16. The highest BCUT2D eigenvalue weighted by atomic mass is 32.1. The lowest BCUT2D eigenvalue weighted by Crippen LogP contribution is -2.08. The minimum Gasteiger partial charge on any atom is -0.285 e. The van der Waals surface area contributed by atoms with E-state index in [9.17, 15) is 4.79 Å². The van der Waals surface area contributed by atoms with Crippen molar-refractivity contribution in [3.8, 4) is 0 Å². The van der Waals surface area contributed by atoms with Gasteiger partial charge in [-0.25, -0.2) is 0 Å². The molecule has 0 atom stereocenters. The Morgan fingerprint density at radius 1 is 1.60 bits per heavy atom. The molecule has 0 N–H and O–H groups in total. The molecule has 4 nitrogen and oxygen atoms in total. The first kappa shape index (κ1) is 10.0. The Hall–Kier alpha value is -1.49. The van der Waals surface area contributed by atoms with Crippen LogP contribution in [0.25, 0.3) is 0 Å². The van der Waals surface area contributed by atoms with Gasteiger partial charge in [-0.05, 0) is 30.1 Å². The Balaban J connectivity index is 2.37. The minimum atomic E-state index is -0.0639. The van der Waals surface area contributed by atoms with Gasteiger partial charge in [0.05, 0.1) is 5.69 Å². The van der Waals surface area contributed by atoms with Gasteiger partial charge in [-0.15, -0.1) is 0 Å². The second kappa shape index (κ2) is 3.94. The molecule has 78 valence electrons. The van der Waals surface area contributed by atoms with Crippen molar-refractivity contribution >= 4 is 17.3 Å². The van der Waals surface area contributed by atoms with E-state index in [1.807, 2.05) is 13.0 Å². The summed E-state index contributed by atoms with van der Waals surface area (Å²) in [5.41, 5.74) is 2.01. The summed E-state index contributed by atoms with van der Waals surface area (Å²) in [7, 11) is 1.78. The quantitative estimate of drug-likeness (QED) is 0.741. The molecule has 2 aromatic rings. The largest absolute Gasteiger partial charge is 0.285 e. The maximum absolute atomic E-state index is 11.9. The molecule has 0 fully saturated rings. The molecule has 5 heteroatoms. The minimum absolute atomic E-state index is 0.0639. The van der Waals surface area contributed by atoms with E-state index in [4.69, 9.17) is 0 Å². The van der Waals surface area contributed by atoms with E-state index in [-0.39, 0.29) is 5.78 Å². The van der Waals surface area contributed by atoms with Gasteiger partial charge in [0.15, 0.2) is 0 Å². The molecule has 0 unspecified atom stereocenters. The number of aromatic nitrogens is 3. The molecule has 0 saturated heterocycles. The van der Waals surface area contributed by atoms with Crippen molar-refractivity contribution in [3.63, 3.8) is 0 Å². The highest BCUT2D eigenvalue weighted by Crippen LogP contribution is 2.10. The Labute approximate surface area is 91.7 Å². The summed E-state index contributed by atoms with van der Waals surface area (Å²) in [4.78, 5) is 11.9. The number of rotatable bonds is 3. The molecular formula is C10H11N3OS. The lowest BCUT2D eigenvalue weighted by molar-refractivity contribution is 0.102. The number of carbonyl (C=O) groups is 1. The predicted octanol–water partition coefficient (Wildman–Crippen LogP) is 1.67. The van der Waals surface area contributed by atoms with Gasteiger partial charge in [0.25, 0.3) is 0 Å². The first-order valence-electron chi connectivity index (χ1n) is 4.70. The van der Waals surface area contributed by atoms with Crippen molar-refractivity contribution in [3.05, 3.63) is 34.6 Å². The van der Waals surface area contributed by atoms with Crippen LogP contribution in [0, 0.1) is 0 Å². The second-order valence-corrected chi connectivity index (χ2v) is 3.88. The van der Waals surface area contributed by atoms with E-state index in [1.54, 1.807) is 23.2 Å². The van der Waals surface area contributed by atoms with Crippen LogP contribution in [0.15, 0.2) is 17.5 Å². The topological polar surface area (TPSA) is 47.8 Å². The summed E-state index contributed by atoms with van der Waals surface area (Å²) >= 11 is 1.28. The summed E-state index contributed by atoms with van der Waals surface area (Å²) in [5.74, 6) is -0.0639. The normalized spacial score (nSPS) is 10.5. The first-order valence-corrected chi connectivity index (χ1v) is 5.54. The summed E-state index contributed by atoms with van der Waals surface area (Å²) in [5, 5.41) is 6.03. The summed E-state index contributed by atoms with van der Waals surface area (Å²) in [6, 6.07) is 3.55. The molecule has 0 spiro atoms. The molecule has 0 radical (unpaired) electrons. The molecular weight excluding hydrogens is 210 g/mol. The number of ketones is 1. The third kappa shape index (κ3) is 1.83. The lowest BCUT2D eigenvalue weighted by Gasteiger charge is -1.96. The van der Waals surface area contributed by atoms with Gasteiger partial charge in [-0.2, -0.15) is 9.47 Å². The van der Waals surface area contributed by atoms with Crippen LogP contribution in [-0.4, -0.2) is 19.9 Å². The molecule has 15 heavy (non-hydrogen) atoms. The third-order valence-electron chi connectivity index (χ3n) is 2.20. The maximum atomic E-state index is 11.9. The van der Waals surface area contributed by atoms with Crippen molar-refractivity contribution in [2.45, 2.75) is 13.3 Å². The Kier molecular flexibility index (Phi) is 2.64. The van der Waals surface area contributed by atoms with E-state index < -0.39 is 0 Å². The Morgan fingerprint density at radius 2 is 2.40 bits per heavy atom. The van der Waals surface area contributed by atoms with Gasteiger partial charge in [0, 0.05) is 12.4 Å². The Morgan fingerprint density at radius 3 is 2.93 bits per heavy atom. The molecule has 2 rings (SSSR count). The molecule has 0 aliphatic carbocycles. The van der Waals surface area contributed by atoms with Crippen LogP contribution in [-0.2, 0) is 13.5 Å². The average molecular weight is 221 g/mol.